The molecule has 1 aromatic carbocycles. The molecule has 2 N–H and O–H groups in total. The van der Waals surface area contributed by atoms with E-state index in [9.17, 15) is 4.79 Å². The lowest BCUT2D eigenvalue weighted by Gasteiger charge is -2.28. The van der Waals surface area contributed by atoms with Gasteiger partial charge in [0.15, 0.2) is 0 Å². The third-order valence-electron chi connectivity index (χ3n) is 5.23. The van der Waals surface area contributed by atoms with Crippen LogP contribution in [0.3, 0.4) is 0 Å². The van der Waals surface area contributed by atoms with E-state index < -0.39 is 0 Å². The molecular weight excluding hydrogens is 302 g/mol. The number of anilines is 1. The van der Waals surface area contributed by atoms with Crippen LogP contribution in [0.5, 0.6) is 0 Å². The lowest BCUT2D eigenvalue weighted by molar-refractivity contribution is -0.117. The Bertz CT molecular complexity index is 714. The molecule has 1 aromatic heterocycles. The summed E-state index contributed by atoms with van der Waals surface area (Å²) in [4.78, 5) is 16.6. The molecule has 24 heavy (non-hydrogen) atoms. The van der Waals surface area contributed by atoms with E-state index >= 15 is 0 Å². The van der Waals surface area contributed by atoms with E-state index in [-0.39, 0.29) is 5.91 Å². The third kappa shape index (κ3) is 3.22. The topological polar surface area (TPSA) is 67.2 Å². The Hall–Kier alpha value is -2.14. The number of hydrogen-bond acceptors (Lipinski definition) is 4. The summed E-state index contributed by atoms with van der Waals surface area (Å²) in [5, 5.41) is 6.66. The van der Waals surface area contributed by atoms with E-state index in [1.54, 1.807) is 12.5 Å². The Labute approximate surface area is 141 Å². The van der Waals surface area contributed by atoms with Crippen LogP contribution in [-0.2, 0) is 4.79 Å². The number of nitrogens with one attached hydrogen (secondary N) is 2. The van der Waals surface area contributed by atoms with Gasteiger partial charge in [-0.05, 0) is 56.2 Å². The summed E-state index contributed by atoms with van der Waals surface area (Å²) in [6, 6.07) is 7.10. The van der Waals surface area contributed by atoms with E-state index in [4.69, 9.17) is 4.42 Å². The van der Waals surface area contributed by atoms with Crippen LogP contribution in [0.15, 0.2) is 35.1 Å². The first-order chi connectivity index (χ1) is 11.7. The van der Waals surface area contributed by atoms with Crippen LogP contribution in [0, 0.1) is 12.8 Å². The maximum absolute atomic E-state index is 12.4. The Balaban J connectivity index is 1.41. The number of piperidine rings is 1. The molecule has 2 aromatic rings. The van der Waals surface area contributed by atoms with Crippen molar-refractivity contribution in [1.29, 1.82) is 0 Å². The van der Waals surface area contributed by atoms with Crippen molar-refractivity contribution in [2.24, 2.45) is 5.92 Å². The van der Waals surface area contributed by atoms with Crippen LogP contribution in [-0.4, -0.2) is 23.0 Å². The second-order valence-electron chi connectivity index (χ2n) is 7.09. The van der Waals surface area contributed by atoms with Gasteiger partial charge in [-0.2, -0.15) is 0 Å². The van der Waals surface area contributed by atoms with E-state index in [1.807, 2.05) is 25.1 Å². The lowest BCUT2D eigenvalue weighted by Crippen LogP contribution is -2.39. The number of carbonyl (C=O) groups is 1. The summed E-state index contributed by atoms with van der Waals surface area (Å²) in [5.74, 6) is 1.18. The third-order valence-corrected chi connectivity index (χ3v) is 5.23. The van der Waals surface area contributed by atoms with Gasteiger partial charge in [-0.15, -0.1) is 0 Å². The van der Waals surface area contributed by atoms with Gasteiger partial charge in [-0.3, -0.25) is 4.79 Å². The normalized spacial score (nSPS) is 25.6. The van der Waals surface area contributed by atoms with E-state index in [2.05, 4.69) is 15.6 Å². The Kier molecular flexibility index (Phi) is 4.10. The van der Waals surface area contributed by atoms with Crippen LogP contribution in [0.4, 0.5) is 5.69 Å². The number of nitrogens with zero attached hydrogens (tertiary/aromatic N) is 1. The molecule has 1 amide bonds. The number of aryl methyl sites for hydroxylation is 1. The average molecular weight is 325 g/mol. The summed E-state index contributed by atoms with van der Waals surface area (Å²) in [6.45, 7) is 2.01. The Morgan fingerprint density at radius 2 is 2.12 bits per heavy atom. The minimum absolute atomic E-state index is 0.100. The number of benzene rings is 1. The van der Waals surface area contributed by atoms with Crippen molar-refractivity contribution in [3.63, 3.8) is 0 Å². The van der Waals surface area contributed by atoms with Crippen molar-refractivity contribution >= 4 is 11.6 Å². The summed E-state index contributed by atoms with van der Waals surface area (Å²) in [6.07, 6.45) is 8.58. The number of hydrogen-bond donors (Lipinski definition) is 2. The molecule has 2 aliphatic heterocycles. The van der Waals surface area contributed by atoms with Crippen LogP contribution < -0.4 is 10.6 Å². The minimum Gasteiger partial charge on any atom is -0.445 e. The van der Waals surface area contributed by atoms with Crippen LogP contribution in [0.25, 0.3) is 11.5 Å². The summed E-state index contributed by atoms with van der Waals surface area (Å²) >= 11 is 0. The van der Waals surface area contributed by atoms with Crippen molar-refractivity contribution in [3.8, 4) is 11.5 Å². The molecular formula is C19H23N3O2. The highest BCUT2D eigenvalue weighted by Crippen LogP contribution is 2.33. The summed E-state index contributed by atoms with van der Waals surface area (Å²) in [5.41, 5.74) is 2.79. The van der Waals surface area contributed by atoms with Crippen LogP contribution in [0.2, 0.25) is 0 Å². The van der Waals surface area contributed by atoms with Gasteiger partial charge in [-0.25, -0.2) is 4.98 Å². The second kappa shape index (κ2) is 6.40. The van der Waals surface area contributed by atoms with E-state index in [1.165, 1.54) is 12.8 Å². The fourth-order valence-electron chi connectivity index (χ4n) is 4.10. The largest absolute Gasteiger partial charge is 0.445 e. The Morgan fingerprint density at radius 1 is 1.33 bits per heavy atom. The molecule has 5 nitrogen and oxygen atoms in total. The van der Waals surface area contributed by atoms with Crippen molar-refractivity contribution in [2.45, 2.75) is 51.1 Å². The number of rotatable bonds is 4. The Morgan fingerprint density at radius 3 is 2.83 bits per heavy atom. The van der Waals surface area contributed by atoms with Gasteiger partial charge in [0.1, 0.15) is 6.26 Å². The van der Waals surface area contributed by atoms with Gasteiger partial charge in [0, 0.05) is 29.8 Å². The fraction of sp³-hybridized carbons (Fsp3) is 0.474. The molecule has 0 aliphatic carbocycles. The van der Waals surface area contributed by atoms with Gasteiger partial charge in [0.25, 0.3) is 0 Å². The molecule has 4 rings (SSSR count). The smallest absolute Gasteiger partial charge is 0.226 e. The van der Waals surface area contributed by atoms with E-state index in [0.29, 0.717) is 30.3 Å². The van der Waals surface area contributed by atoms with Crippen molar-refractivity contribution in [1.82, 2.24) is 10.3 Å². The highest BCUT2D eigenvalue weighted by atomic mass is 16.3. The number of oxazole rings is 1. The van der Waals surface area contributed by atoms with Gasteiger partial charge in [0.2, 0.25) is 11.8 Å². The SMILES string of the molecule is Cc1ccc(NC(=O)CC2CC3CCC(C2)N3)cc1-c1ncco1. The molecule has 2 saturated heterocycles. The fourth-order valence-corrected chi connectivity index (χ4v) is 4.10. The highest BCUT2D eigenvalue weighted by molar-refractivity contribution is 5.91. The molecule has 0 saturated carbocycles. The van der Waals surface area contributed by atoms with Gasteiger partial charge < -0.3 is 15.1 Å². The number of aromatic nitrogens is 1. The summed E-state index contributed by atoms with van der Waals surface area (Å²) < 4.78 is 5.38. The second-order valence-corrected chi connectivity index (χ2v) is 7.09. The van der Waals surface area contributed by atoms with Gasteiger partial charge in [0.05, 0.1) is 6.20 Å². The number of amides is 1. The molecule has 5 heteroatoms. The molecule has 2 unspecified atom stereocenters. The van der Waals surface area contributed by atoms with Crippen molar-refractivity contribution in [3.05, 3.63) is 36.2 Å². The summed E-state index contributed by atoms with van der Waals surface area (Å²) in [7, 11) is 0. The maximum Gasteiger partial charge on any atom is 0.226 e. The molecule has 2 atom stereocenters. The zero-order valence-electron chi connectivity index (χ0n) is 13.9. The minimum atomic E-state index is 0.100. The van der Waals surface area contributed by atoms with Crippen LogP contribution in [0.1, 0.15) is 37.7 Å². The quantitative estimate of drug-likeness (QED) is 0.903. The molecule has 2 fully saturated rings. The number of carbonyl (C=O) groups excluding carboxylic acids is 1. The first kappa shape index (κ1) is 15.4. The zero-order chi connectivity index (χ0) is 16.5. The lowest BCUT2D eigenvalue weighted by atomic mass is 9.89. The first-order valence-electron chi connectivity index (χ1n) is 8.74. The molecule has 126 valence electrons. The predicted octanol–water partition coefficient (Wildman–Crippen LogP) is 3.51. The zero-order valence-corrected chi connectivity index (χ0v) is 13.9. The number of fused-ring (bicyclic) bond motifs is 2. The molecule has 3 heterocycles. The maximum atomic E-state index is 12.4. The standard InChI is InChI=1S/C19H23N3O2/c1-12-2-3-16(11-17(12)19-20-6-7-24-19)22-18(23)10-13-8-14-4-5-15(9-13)21-14/h2-3,6-7,11,13-15,21H,4-5,8-10H2,1H3,(H,22,23). The monoisotopic (exact) mass is 325 g/mol. The van der Waals surface area contributed by atoms with Crippen molar-refractivity contribution in [2.75, 3.05) is 5.32 Å². The average Bonchev–Trinajstić information content (AvgIpc) is 3.19. The van der Waals surface area contributed by atoms with Crippen LogP contribution >= 0.6 is 0 Å². The predicted molar refractivity (Wildman–Crippen MR) is 92.6 cm³/mol. The van der Waals surface area contributed by atoms with Gasteiger partial charge in [-0.1, -0.05) is 6.07 Å². The first-order valence-corrected chi connectivity index (χ1v) is 8.74. The van der Waals surface area contributed by atoms with Crippen molar-refractivity contribution < 1.29 is 9.21 Å². The molecule has 2 bridgehead atoms. The van der Waals surface area contributed by atoms with E-state index in [0.717, 1.165) is 29.7 Å². The molecule has 0 spiro atoms. The highest BCUT2D eigenvalue weighted by Gasteiger charge is 2.34. The van der Waals surface area contributed by atoms with Gasteiger partial charge >= 0.3 is 0 Å². The molecule has 0 radical (unpaired) electrons. The molecule has 2 aliphatic rings.